The van der Waals surface area contributed by atoms with E-state index in [2.05, 4.69) is 0 Å². The fourth-order valence-corrected chi connectivity index (χ4v) is 4.59. The minimum Gasteiger partial charge on any atom is -0.497 e. The second-order valence-electron chi connectivity index (χ2n) is 7.84. The van der Waals surface area contributed by atoms with Gasteiger partial charge in [0, 0.05) is 25.6 Å². The molecule has 2 heterocycles. The Morgan fingerprint density at radius 2 is 1.91 bits per heavy atom. The predicted molar refractivity (Wildman–Crippen MR) is 132 cm³/mol. The molecular weight excluding hydrogens is 450 g/mol. The second kappa shape index (κ2) is 11.1. The number of nitrogens with zero attached hydrogens (tertiary/aromatic N) is 3. The van der Waals surface area contributed by atoms with Crippen LogP contribution in [0.5, 0.6) is 5.75 Å². The number of hydrogen-bond donors (Lipinski definition) is 0. The van der Waals surface area contributed by atoms with Gasteiger partial charge in [0.15, 0.2) is 0 Å². The van der Waals surface area contributed by atoms with Crippen molar-refractivity contribution in [3.8, 4) is 5.75 Å². The van der Waals surface area contributed by atoms with Gasteiger partial charge in [-0.25, -0.2) is 5.01 Å². The van der Waals surface area contributed by atoms with E-state index in [9.17, 15) is 9.59 Å². The Balaban J connectivity index is 1.62. The number of rotatable bonds is 9. The number of benzene rings is 2. The molecule has 0 radical (unpaired) electrons. The van der Waals surface area contributed by atoms with Crippen molar-refractivity contribution in [3.63, 3.8) is 0 Å². The SMILES string of the molecule is COCCN(CC(=O)N1N=C(c2cccc(OC)c2)C[C@@H]1c1ccccc1)C(=O)c1cccs1. The van der Waals surface area contributed by atoms with Crippen LogP contribution in [-0.4, -0.2) is 61.4 Å². The van der Waals surface area contributed by atoms with E-state index in [1.165, 1.54) is 21.2 Å². The molecule has 4 rings (SSSR count). The molecule has 0 saturated carbocycles. The predicted octanol–water partition coefficient (Wildman–Crippen LogP) is 4.22. The van der Waals surface area contributed by atoms with Crippen molar-refractivity contribution >= 4 is 28.9 Å². The zero-order valence-corrected chi connectivity index (χ0v) is 20.0. The lowest BCUT2D eigenvalue weighted by Crippen LogP contribution is -2.42. The average molecular weight is 478 g/mol. The van der Waals surface area contributed by atoms with Crippen molar-refractivity contribution < 1.29 is 19.1 Å². The van der Waals surface area contributed by atoms with Crippen LogP contribution < -0.4 is 4.74 Å². The molecule has 0 N–H and O–H groups in total. The summed E-state index contributed by atoms with van der Waals surface area (Å²) >= 11 is 1.35. The summed E-state index contributed by atoms with van der Waals surface area (Å²) in [7, 11) is 3.20. The highest BCUT2D eigenvalue weighted by molar-refractivity contribution is 7.12. The molecule has 34 heavy (non-hydrogen) atoms. The van der Waals surface area contributed by atoms with E-state index in [4.69, 9.17) is 14.6 Å². The van der Waals surface area contributed by atoms with Crippen LogP contribution in [-0.2, 0) is 9.53 Å². The Morgan fingerprint density at radius 3 is 2.62 bits per heavy atom. The van der Waals surface area contributed by atoms with E-state index in [0.29, 0.717) is 24.4 Å². The Kier molecular flexibility index (Phi) is 7.72. The Morgan fingerprint density at radius 1 is 1.09 bits per heavy atom. The Bertz CT molecular complexity index is 1150. The number of carbonyl (C=O) groups excluding carboxylic acids is 2. The molecule has 0 fully saturated rings. The molecule has 7 nitrogen and oxygen atoms in total. The van der Waals surface area contributed by atoms with Crippen LogP contribution >= 0.6 is 11.3 Å². The smallest absolute Gasteiger partial charge is 0.264 e. The van der Waals surface area contributed by atoms with Crippen molar-refractivity contribution in [2.75, 3.05) is 33.9 Å². The molecule has 0 saturated heterocycles. The maximum Gasteiger partial charge on any atom is 0.264 e. The summed E-state index contributed by atoms with van der Waals surface area (Å²) in [4.78, 5) is 28.7. The Hall–Kier alpha value is -3.49. The normalized spacial score (nSPS) is 15.2. The highest BCUT2D eigenvalue weighted by atomic mass is 32.1. The summed E-state index contributed by atoms with van der Waals surface area (Å²) in [6, 6.07) is 20.8. The van der Waals surface area contributed by atoms with Gasteiger partial charge >= 0.3 is 0 Å². The number of carbonyl (C=O) groups is 2. The second-order valence-corrected chi connectivity index (χ2v) is 8.79. The molecule has 1 aromatic heterocycles. The van der Waals surface area contributed by atoms with Crippen LogP contribution in [0.1, 0.15) is 33.3 Å². The molecule has 3 aromatic rings. The van der Waals surface area contributed by atoms with E-state index in [1.807, 2.05) is 66.0 Å². The summed E-state index contributed by atoms with van der Waals surface area (Å²) in [6.07, 6.45) is 0.569. The fraction of sp³-hybridized carbons (Fsp3) is 0.269. The molecular formula is C26H27N3O4S. The molecule has 176 valence electrons. The summed E-state index contributed by atoms with van der Waals surface area (Å²) < 4.78 is 10.5. The molecule has 2 aromatic carbocycles. The molecule has 8 heteroatoms. The van der Waals surface area contributed by atoms with Crippen molar-refractivity contribution in [1.29, 1.82) is 0 Å². The third kappa shape index (κ3) is 5.35. The standard InChI is InChI=1S/C26H27N3O4S/c1-32-14-13-28(26(31)24-12-7-15-34-24)18-25(30)29-23(19-8-4-3-5-9-19)17-22(27-29)20-10-6-11-21(16-20)33-2/h3-12,15-16,23H,13-14,17-18H2,1-2H3/t23-/m1/s1. The van der Waals surface area contributed by atoms with Gasteiger partial charge in [0.25, 0.3) is 11.8 Å². The fourth-order valence-electron chi connectivity index (χ4n) is 3.90. The van der Waals surface area contributed by atoms with Gasteiger partial charge in [0.05, 0.1) is 30.3 Å². The lowest BCUT2D eigenvalue weighted by Gasteiger charge is -2.26. The van der Waals surface area contributed by atoms with Crippen LogP contribution in [0, 0.1) is 0 Å². The quantitative estimate of drug-likeness (QED) is 0.463. The number of ether oxygens (including phenoxy) is 2. The van der Waals surface area contributed by atoms with Crippen molar-refractivity contribution in [2.45, 2.75) is 12.5 Å². The summed E-state index contributed by atoms with van der Waals surface area (Å²) in [5.41, 5.74) is 2.70. The van der Waals surface area contributed by atoms with Gasteiger partial charge in [-0.3, -0.25) is 9.59 Å². The van der Waals surface area contributed by atoms with Crippen molar-refractivity contribution in [3.05, 3.63) is 88.1 Å². The lowest BCUT2D eigenvalue weighted by molar-refractivity contribution is -0.133. The highest BCUT2D eigenvalue weighted by Gasteiger charge is 2.34. The van der Waals surface area contributed by atoms with E-state index in [-0.39, 0.29) is 24.4 Å². The van der Waals surface area contributed by atoms with Crippen LogP contribution in [0.2, 0.25) is 0 Å². The zero-order chi connectivity index (χ0) is 23.9. The van der Waals surface area contributed by atoms with Gasteiger partial charge in [0.2, 0.25) is 0 Å². The molecule has 0 bridgehead atoms. The van der Waals surface area contributed by atoms with Crippen LogP contribution in [0.4, 0.5) is 0 Å². The topological polar surface area (TPSA) is 71.4 Å². The van der Waals surface area contributed by atoms with Gasteiger partial charge in [-0.1, -0.05) is 48.5 Å². The van der Waals surface area contributed by atoms with E-state index < -0.39 is 0 Å². The number of methoxy groups -OCH3 is 2. The molecule has 1 aliphatic rings. The third-order valence-electron chi connectivity index (χ3n) is 5.66. The van der Waals surface area contributed by atoms with Gasteiger partial charge in [-0.15, -0.1) is 11.3 Å². The summed E-state index contributed by atoms with van der Waals surface area (Å²) in [5, 5.41) is 8.09. The minimum atomic E-state index is -0.254. The first kappa shape index (κ1) is 23.7. The number of thiophene rings is 1. The first-order chi connectivity index (χ1) is 16.6. The van der Waals surface area contributed by atoms with Gasteiger partial charge in [0.1, 0.15) is 12.3 Å². The Labute approximate surface area is 203 Å². The lowest BCUT2D eigenvalue weighted by atomic mass is 9.98. The number of hydrazone groups is 1. The molecule has 0 unspecified atom stereocenters. The molecule has 1 atom stereocenters. The summed E-state index contributed by atoms with van der Waals surface area (Å²) in [5.74, 6) is 0.300. The molecule has 1 aliphatic heterocycles. The average Bonchev–Trinajstić information content (AvgIpc) is 3.57. The number of hydrogen-bond acceptors (Lipinski definition) is 6. The number of amides is 2. The van der Waals surface area contributed by atoms with Crippen LogP contribution in [0.25, 0.3) is 0 Å². The maximum absolute atomic E-state index is 13.5. The van der Waals surface area contributed by atoms with E-state index >= 15 is 0 Å². The van der Waals surface area contributed by atoms with E-state index in [1.54, 1.807) is 20.3 Å². The minimum absolute atomic E-state index is 0.0850. The molecule has 0 aliphatic carbocycles. The van der Waals surface area contributed by atoms with Crippen molar-refractivity contribution in [1.82, 2.24) is 9.91 Å². The molecule has 2 amide bonds. The van der Waals surface area contributed by atoms with Gasteiger partial charge in [-0.2, -0.15) is 5.10 Å². The maximum atomic E-state index is 13.5. The first-order valence-corrected chi connectivity index (χ1v) is 11.9. The largest absolute Gasteiger partial charge is 0.497 e. The van der Waals surface area contributed by atoms with Crippen LogP contribution in [0.15, 0.2) is 77.2 Å². The highest BCUT2D eigenvalue weighted by Crippen LogP contribution is 2.33. The van der Waals surface area contributed by atoms with Crippen molar-refractivity contribution in [2.24, 2.45) is 5.10 Å². The van der Waals surface area contributed by atoms with E-state index in [0.717, 1.165) is 22.6 Å². The first-order valence-electron chi connectivity index (χ1n) is 11.0. The van der Waals surface area contributed by atoms with Crippen LogP contribution in [0.3, 0.4) is 0 Å². The van der Waals surface area contributed by atoms with Gasteiger partial charge in [-0.05, 0) is 29.1 Å². The molecule has 0 spiro atoms. The zero-order valence-electron chi connectivity index (χ0n) is 19.2. The monoisotopic (exact) mass is 477 g/mol. The third-order valence-corrected chi connectivity index (χ3v) is 6.52. The summed E-state index contributed by atoms with van der Waals surface area (Å²) in [6.45, 7) is 0.568. The van der Waals surface area contributed by atoms with Gasteiger partial charge < -0.3 is 14.4 Å².